The minimum absolute atomic E-state index is 0.0402. The molecule has 1 N–H and O–H groups in total. The Labute approximate surface area is 153 Å². The lowest BCUT2D eigenvalue weighted by Gasteiger charge is -2.28. The van der Waals surface area contributed by atoms with Gasteiger partial charge in [-0.15, -0.1) is 0 Å². The van der Waals surface area contributed by atoms with Crippen LogP contribution in [0.5, 0.6) is 5.75 Å². The molecule has 138 valence electrons. The fourth-order valence-corrected chi connectivity index (χ4v) is 3.56. The van der Waals surface area contributed by atoms with E-state index < -0.39 is 12.0 Å². The van der Waals surface area contributed by atoms with Gasteiger partial charge in [-0.1, -0.05) is 18.2 Å². The summed E-state index contributed by atoms with van der Waals surface area (Å²) in [6, 6.07) is 10.8. The lowest BCUT2D eigenvalue weighted by molar-refractivity contribution is -0.143. The first-order valence-electron chi connectivity index (χ1n) is 8.79. The van der Waals surface area contributed by atoms with Crippen molar-refractivity contribution in [3.05, 3.63) is 42.0 Å². The van der Waals surface area contributed by atoms with Gasteiger partial charge in [0.2, 0.25) is 5.91 Å². The van der Waals surface area contributed by atoms with Crippen molar-refractivity contribution >= 4 is 22.6 Å². The van der Waals surface area contributed by atoms with Crippen LogP contribution in [0.15, 0.2) is 36.4 Å². The van der Waals surface area contributed by atoms with Crippen molar-refractivity contribution in [2.75, 3.05) is 33.3 Å². The zero-order chi connectivity index (χ0) is 18.7. The molecule has 0 radical (unpaired) electrons. The first-order chi connectivity index (χ1) is 12.5. The van der Waals surface area contributed by atoms with E-state index >= 15 is 0 Å². The zero-order valence-electron chi connectivity index (χ0n) is 15.1. The predicted octanol–water partition coefficient (Wildman–Crippen LogP) is 2.53. The summed E-state index contributed by atoms with van der Waals surface area (Å²) in [5.74, 6) is -0.0515. The second kappa shape index (κ2) is 7.74. The first-order valence-corrected chi connectivity index (χ1v) is 8.79. The van der Waals surface area contributed by atoms with Gasteiger partial charge in [0.25, 0.3) is 0 Å². The number of methoxy groups -OCH3 is 1. The van der Waals surface area contributed by atoms with E-state index in [1.54, 1.807) is 18.9 Å². The number of aliphatic carboxylic acids is 1. The topological polar surface area (TPSA) is 70.1 Å². The quantitative estimate of drug-likeness (QED) is 0.912. The molecule has 1 aliphatic rings. The summed E-state index contributed by atoms with van der Waals surface area (Å²) >= 11 is 0. The second-order valence-electron chi connectivity index (χ2n) is 6.61. The fraction of sp³-hybridized carbons (Fsp3) is 0.400. The van der Waals surface area contributed by atoms with Crippen LogP contribution in [0, 0.1) is 0 Å². The van der Waals surface area contributed by atoms with E-state index in [2.05, 4.69) is 0 Å². The van der Waals surface area contributed by atoms with Crippen molar-refractivity contribution < 1.29 is 19.4 Å². The molecule has 2 aromatic rings. The number of hydrogen-bond acceptors (Lipinski definition) is 4. The number of fused-ring (bicyclic) bond motifs is 1. The Balaban J connectivity index is 1.89. The van der Waals surface area contributed by atoms with E-state index in [1.807, 2.05) is 41.3 Å². The number of nitrogens with zero attached hydrogens (tertiary/aromatic N) is 2. The van der Waals surface area contributed by atoms with Crippen LogP contribution in [0.25, 0.3) is 10.8 Å². The molecule has 6 heteroatoms. The molecule has 6 nitrogen and oxygen atoms in total. The summed E-state index contributed by atoms with van der Waals surface area (Å²) in [5.41, 5.74) is 0.756. The maximum atomic E-state index is 12.0. The molecule has 0 aromatic heterocycles. The summed E-state index contributed by atoms with van der Waals surface area (Å²) in [4.78, 5) is 27.4. The fourth-order valence-electron chi connectivity index (χ4n) is 3.56. The molecule has 0 spiro atoms. The van der Waals surface area contributed by atoms with Crippen molar-refractivity contribution in [1.82, 2.24) is 9.80 Å². The number of rotatable bonds is 4. The molecular weight excluding hydrogens is 332 g/mol. The number of hydrogen-bond donors (Lipinski definition) is 1. The highest BCUT2D eigenvalue weighted by atomic mass is 16.5. The highest BCUT2D eigenvalue weighted by Crippen LogP contribution is 2.28. The Hall–Kier alpha value is -2.60. The Morgan fingerprint density at radius 3 is 2.46 bits per heavy atom. The summed E-state index contributed by atoms with van der Waals surface area (Å²) < 4.78 is 5.24. The van der Waals surface area contributed by atoms with E-state index in [0.29, 0.717) is 26.2 Å². The van der Waals surface area contributed by atoms with Gasteiger partial charge < -0.3 is 14.7 Å². The van der Waals surface area contributed by atoms with Crippen LogP contribution in [0.3, 0.4) is 0 Å². The second-order valence-corrected chi connectivity index (χ2v) is 6.61. The molecule has 3 rings (SSSR count). The standard InChI is InChI=1S/C20H24N2O4/c1-14(23)21-8-3-9-22(11-10-21)19(20(24)25)17-5-4-16-13-18(26-2)7-6-15(16)12-17/h4-7,12-13,19H,3,8-11H2,1-2H3,(H,24,25)/t19-/m1/s1. The third kappa shape index (κ3) is 3.80. The van der Waals surface area contributed by atoms with Crippen LogP contribution in [-0.2, 0) is 9.59 Å². The number of benzene rings is 2. The maximum absolute atomic E-state index is 12.0. The number of amides is 1. The summed E-state index contributed by atoms with van der Waals surface area (Å²) in [5, 5.41) is 11.8. The molecule has 0 bridgehead atoms. The Kier molecular flexibility index (Phi) is 5.42. The molecule has 1 heterocycles. The summed E-state index contributed by atoms with van der Waals surface area (Å²) in [6.07, 6.45) is 0.772. The molecule has 2 aromatic carbocycles. The van der Waals surface area contributed by atoms with Crippen molar-refractivity contribution in [3.8, 4) is 5.75 Å². The van der Waals surface area contributed by atoms with Crippen molar-refractivity contribution in [2.45, 2.75) is 19.4 Å². The molecule has 1 aliphatic heterocycles. The predicted molar refractivity (Wildman–Crippen MR) is 99.3 cm³/mol. The average Bonchev–Trinajstić information content (AvgIpc) is 2.87. The number of ether oxygens (including phenoxy) is 1. The third-order valence-electron chi connectivity index (χ3n) is 4.96. The minimum Gasteiger partial charge on any atom is -0.497 e. The molecule has 1 fully saturated rings. The van der Waals surface area contributed by atoms with Gasteiger partial charge in [0.05, 0.1) is 7.11 Å². The minimum atomic E-state index is -0.867. The SMILES string of the molecule is COc1ccc2cc([C@H](C(=O)O)N3CCCN(C(C)=O)CC3)ccc2c1. The van der Waals surface area contributed by atoms with Gasteiger partial charge in [-0.05, 0) is 41.0 Å². The highest BCUT2D eigenvalue weighted by Gasteiger charge is 2.29. The smallest absolute Gasteiger partial charge is 0.325 e. The zero-order valence-corrected chi connectivity index (χ0v) is 15.1. The third-order valence-corrected chi connectivity index (χ3v) is 4.96. The Bertz CT molecular complexity index is 821. The van der Waals surface area contributed by atoms with Gasteiger partial charge >= 0.3 is 5.97 Å². The Morgan fingerprint density at radius 2 is 1.77 bits per heavy atom. The first kappa shape index (κ1) is 18.2. The van der Waals surface area contributed by atoms with Gasteiger partial charge in [0, 0.05) is 33.1 Å². The van der Waals surface area contributed by atoms with Gasteiger partial charge in [-0.3, -0.25) is 14.5 Å². The van der Waals surface area contributed by atoms with Crippen molar-refractivity contribution in [1.29, 1.82) is 0 Å². The van der Waals surface area contributed by atoms with Crippen LogP contribution in [0.4, 0.5) is 0 Å². The van der Waals surface area contributed by atoms with Gasteiger partial charge in [0.15, 0.2) is 0 Å². The molecule has 1 amide bonds. The van der Waals surface area contributed by atoms with Crippen molar-refractivity contribution in [2.24, 2.45) is 0 Å². The highest BCUT2D eigenvalue weighted by molar-refractivity contribution is 5.86. The molecule has 0 saturated carbocycles. The van der Waals surface area contributed by atoms with Crippen LogP contribution in [0.2, 0.25) is 0 Å². The number of carboxylic acid groups (broad SMARTS) is 1. The number of carboxylic acids is 1. The lowest BCUT2D eigenvalue weighted by Crippen LogP contribution is -2.38. The van der Waals surface area contributed by atoms with E-state index in [4.69, 9.17) is 4.74 Å². The molecule has 1 atom stereocenters. The molecule has 1 saturated heterocycles. The van der Waals surface area contributed by atoms with E-state index in [1.165, 1.54) is 0 Å². The summed E-state index contributed by atoms with van der Waals surface area (Å²) in [6.45, 7) is 4.00. The van der Waals surface area contributed by atoms with E-state index in [9.17, 15) is 14.7 Å². The van der Waals surface area contributed by atoms with Gasteiger partial charge in [-0.2, -0.15) is 0 Å². The average molecular weight is 356 g/mol. The van der Waals surface area contributed by atoms with Crippen LogP contribution >= 0.6 is 0 Å². The number of carbonyl (C=O) groups excluding carboxylic acids is 1. The normalized spacial score (nSPS) is 16.9. The van der Waals surface area contributed by atoms with Crippen LogP contribution < -0.4 is 4.74 Å². The molecule has 0 aliphatic carbocycles. The molecule has 0 unspecified atom stereocenters. The van der Waals surface area contributed by atoms with E-state index in [-0.39, 0.29) is 5.91 Å². The molecular formula is C20H24N2O4. The molecule has 26 heavy (non-hydrogen) atoms. The van der Waals surface area contributed by atoms with Crippen LogP contribution in [-0.4, -0.2) is 60.1 Å². The van der Waals surface area contributed by atoms with Gasteiger partial charge in [-0.25, -0.2) is 0 Å². The summed E-state index contributed by atoms with van der Waals surface area (Å²) in [7, 11) is 1.62. The maximum Gasteiger partial charge on any atom is 0.325 e. The van der Waals surface area contributed by atoms with E-state index in [0.717, 1.165) is 28.5 Å². The van der Waals surface area contributed by atoms with Crippen molar-refractivity contribution in [3.63, 3.8) is 0 Å². The monoisotopic (exact) mass is 356 g/mol. The van der Waals surface area contributed by atoms with Crippen LogP contribution in [0.1, 0.15) is 24.9 Å². The largest absolute Gasteiger partial charge is 0.497 e. The number of carbonyl (C=O) groups is 2. The Morgan fingerprint density at radius 1 is 1.04 bits per heavy atom. The van der Waals surface area contributed by atoms with Gasteiger partial charge in [0.1, 0.15) is 11.8 Å². The lowest BCUT2D eigenvalue weighted by atomic mass is 10.0.